The number of nitrogens with zero attached hydrogens (tertiary/aromatic N) is 7. The van der Waals surface area contributed by atoms with Gasteiger partial charge in [-0.25, -0.2) is 19.3 Å². The van der Waals surface area contributed by atoms with Crippen molar-refractivity contribution in [2.75, 3.05) is 23.8 Å². The van der Waals surface area contributed by atoms with Crippen LogP contribution in [0.15, 0.2) is 45.7 Å². The van der Waals surface area contributed by atoms with Gasteiger partial charge in [-0.3, -0.25) is 24.2 Å². The second-order valence-electron chi connectivity index (χ2n) is 8.84. The fourth-order valence-electron chi connectivity index (χ4n) is 4.21. The Bertz CT molecular complexity index is 1460. The molecule has 1 saturated heterocycles. The molecule has 0 saturated carbocycles. The van der Waals surface area contributed by atoms with E-state index in [0.29, 0.717) is 27.7 Å². The number of hydrogen-bond acceptors (Lipinski definition) is 11. The molecule has 40 heavy (non-hydrogen) atoms. The lowest BCUT2D eigenvalue weighted by atomic mass is 10.0. The molecule has 3 aliphatic heterocycles. The predicted molar refractivity (Wildman–Crippen MR) is 142 cm³/mol. The molecule has 16 nitrogen and oxygen atoms in total. The summed E-state index contributed by atoms with van der Waals surface area (Å²) in [7, 11) is 1.66. The van der Waals surface area contributed by atoms with Crippen LogP contribution in [0.2, 0.25) is 0 Å². The number of β-lactam (4-membered cyclic amide) rings is 1. The van der Waals surface area contributed by atoms with E-state index in [4.69, 9.17) is 5.73 Å². The van der Waals surface area contributed by atoms with Crippen LogP contribution in [0, 0.1) is 0 Å². The van der Waals surface area contributed by atoms with Gasteiger partial charge in [0.2, 0.25) is 11.1 Å². The Morgan fingerprint density at radius 3 is 2.62 bits per heavy atom. The molecular weight excluding hydrogens is 564 g/mol. The zero-order valence-corrected chi connectivity index (χ0v) is 22.4. The van der Waals surface area contributed by atoms with Gasteiger partial charge in [-0.1, -0.05) is 23.9 Å². The number of aromatic nitrogens is 4. The number of aliphatic carboxylic acids is 1. The van der Waals surface area contributed by atoms with Crippen LogP contribution in [-0.4, -0.2) is 101 Å². The lowest BCUT2D eigenvalue weighted by Gasteiger charge is -2.49. The van der Waals surface area contributed by atoms with E-state index in [2.05, 4.69) is 31.2 Å². The van der Waals surface area contributed by atoms with Crippen molar-refractivity contribution in [1.29, 1.82) is 0 Å². The Kier molecular flexibility index (Phi) is 7.44. The highest BCUT2D eigenvalue weighted by atomic mass is 32.2. The third kappa shape index (κ3) is 5.22. The minimum Gasteiger partial charge on any atom is -0.477 e. The number of benzene rings is 1. The Hall–Kier alpha value is -4.45. The fraction of sp³-hybridized carbons (Fsp3) is 0.318. The van der Waals surface area contributed by atoms with E-state index >= 15 is 0 Å². The molecular formula is C22H22N10O6S2. The molecule has 3 aliphatic rings. The highest BCUT2D eigenvalue weighted by Crippen LogP contribution is 2.41. The zero-order chi connectivity index (χ0) is 28.6. The highest BCUT2D eigenvalue weighted by molar-refractivity contribution is 8.01. The van der Waals surface area contributed by atoms with Gasteiger partial charge in [-0.15, -0.1) is 16.9 Å². The van der Waals surface area contributed by atoms with E-state index in [1.54, 1.807) is 31.3 Å². The van der Waals surface area contributed by atoms with Gasteiger partial charge in [0, 0.05) is 24.2 Å². The van der Waals surface area contributed by atoms with Gasteiger partial charge < -0.3 is 21.5 Å². The molecule has 1 aromatic carbocycles. The summed E-state index contributed by atoms with van der Waals surface area (Å²) in [5, 5.41) is 26.1. The fourth-order valence-corrected chi connectivity index (χ4v) is 6.54. The Morgan fingerprint density at radius 1 is 1.25 bits per heavy atom. The second kappa shape index (κ2) is 11.0. The molecule has 0 unspecified atom stereocenters. The highest BCUT2D eigenvalue weighted by Gasteiger charge is 2.54. The molecule has 208 valence electrons. The first-order valence-electron chi connectivity index (χ1n) is 11.7. The third-order valence-corrected chi connectivity index (χ3v) is 8.65. The molecule has 0 radical (unpaired) electrons. The van der Waals surface area contributed by atoms with E-state index in [-0.39, 0.29) is 18.0 Å². The molecule has 3 atom stereocenters. The van der Waals surface area contributed by atoms with Gasteiger partial charge in [0.05, 0.1) is 0 Å². The number of tetrazole rings is 1. The largest absolute Gasteiger partial charge is 0.477 e. The van der Waals surface area contributed by atoms with Crippen molar-refractivity contribution < 1.29 is 29.1 Å². The summed E-state index contributed by atoms with van der Waals surface area (Å²) in [6, 6.07) is 3.20. The monoisotopic (exact) mass is 586 g/mol. The molecule has 1 aromatic heterocycles. The topological polar surface area (TPSA) is 218 Å². The van der Waals surface area contributed by atoms with Crippen LogP contribution in [0.4, 0.5) is 10.5 Å². The molecule has 0 bridgehead atoms. The first kappa shape index (κ1) is 27.1. The number of thioether (sulfide) groups is 2. The summed E-state index contributed by atoms with van der Waals surface area (Å²) >= 11 is 2.55. The van der Waals surface area contributed by atoms with Gasteiger partial charge in [-0.05, 0) is 33.7 Å². The minimum atomic E-state index is -1.26. The normalized spacial score (nSPS) is 20.7. The maximum Gasteiger partial charge on any atom is 0.352 e. The first-order valence-corrected chi connectivity index (χ1v) is 13.7. The number of anilines is 1. The van der Waals surface area contributed by atoms with Crippen molar-refractivity contribution in [2.24, 2.45) is 12.0 Å². The van der Waals surface area contributed by atoms with Crippen molar-refractivity contribution in [2.45, 2.75) is 22.6 Å². The predicted octanol–water partition coefficient (Wildman–Crippen LogP) is -1.06. The number of carbonyl (C=O) groups excluding carboxylic acids is 4. The van der Waals surface area contributed by atoms with Gasteiger partial charge in [0.15, 0.2) is 0 Å². The van der Waals surface area contributed by atoms with Crippen molar-refractivity contribution in [3.05, 3.63) is 41.1 Å². The Morgan fingerprint density at radius 2 is 2.00 bits per heavy atom. The molecule has 4 heterocycles. The van der Waals surface area contributed by atoms with E-state index in [0.717, 1.165) is 16.1 Å². The summed E-state index contributed by atoms with van der Waals surface area (Å²) in [6.45, 7) is -0.269. The third-order valence-electron chi connectivity index (χ3n) is 6.21. The summed E-state index contributed by atoms with van der Waals surface area (Å²) in [5.41, 5.74) is 6.96. The molecule has 5 rings (SSSR count). The Labute approximate surface area is 234 Å². The SMILES string of the molecule is Cn1nnnc1SCC1=C(C(=O)O)N2C(=O)[C@@H](NC(=O)[C@H](NC(=O)N3C=NC(=O)C3)c3ccc(N)cc3)[C@H]2SC1. The molecule has 0 spiro atoms. The lowest BCUT2D eigenvalue weighted by molar-refractivity contribution is -0.151. The summed E-state index contributed by atoms with van der Waals surface area (Å²) < 4.78 is 1.45. The molecule has 0 aliphatic carbocycles. The average molecular weight is 587 g/mol. The van der Waals surface area contributed by atoms with Crippen molar-refractivity contribution in [3.8, 4) is 0 Å². The summed E-state index contributed by atoms with van der Waals surface area (Å²) in [4.78, 5) is 68.6. The van der Waals surface area contributed by atoms with Crippen molar-refractivity contribution >= 4 is 65.3 Å². The molecule has 5 amide bonds. The lowest BCUT2D eigenvalue weighted by Crippen LogP contribution is -2.71. The summed E-state index contributed by atoms with van der Waals surface area (Å²) in [6.07, 6.45) is 1.07. The number of nitrogens with two attached hydrogens (primary N) is 1. The van der Waals surface area contributed by atoms with E-state index in [1.165, 1.54) is 28.2 Å². The standard InChI is InChI=1S/C22H22N10O6S2/c1-30-22(27-28-29-30)40-8-11-7-39-19-15(18(35)32(19)16(11)20(36)37)25-17(34)14(10-2-4-12(23)5-3-10)26-21(38)31-6-13(33)24-9-31/h2-5,9,14-15,19H,6-8,23H2,1H3,(H,25,34)(H,26,38)(H,36,37)/t14-,15-,19-/m1/s1. The van der Waals surface area contributed by atoms with Gasteiger partial charge in [0.1, 0.15) is 36.0 Å². The number of carboxylic acids is 1. The van der Waals surface area contributed by atoms with E-state index < -0.39 is 47.2 Å². The molecule has 2 aromatic rings. The number of nitrogens with one attached hydrogen (secondary N) is 2. The van der Waals surface area contributed by atoms with Crippen LogP contribution in [0.5, 0.6) is 0 Å². The number of rotatable bonds is 8. The second-order valence-corrected chi connectivity index (χ2v) is 10.9. The number of carbonyl (C=O) groups is 5. The number of aliphatic imine (C=N–C) groups is 1. The van der Waals surface area contributed by atoms with E-state index in [9.17, 15) is 29.1 Å². The van der Waals surface area contributed by atoms with Crippen LogP contribution in [0.25, 0.3) is 0 Å². The summed E-state index contributed by atoms with van der Waals surface area (Å²) in [5.74, 6) is -2.50. The number of amides is 5. The number of urea groups is 1. The molecule has 5 N–H and O–H groups in total. The van der Waals surface area contributed by atoms with E-state index in [1.807, 2.05) is 0 Å². The number of nitrogen functional groups attached to an aromatic ring is 1. The number of aryl methyl sites for hydroxylation is 1. The molecule has 1 fully saturated rings. The van der Waals surface area contributed by atoms with Crippen LogP contribution in [-0.2, 0) is 26.2 Å². The maximum atomic E-state index is 13.4. The molecule has 18 heteroatoms. The maximum absolute atomic E-state index is 13.4. The minimum absolute atomic E-state index is 0.136. The number of carboxylic acid groups (broad SMARTS) is 1. The van der Waals surface area contributed by atoms with Crippen LogP contribution in [0.3, 0.4) is 0 Å². The van der Waals surface area contributed by atoms with Crippen LogP contribution in [0.1, 0.15) is 11.6 Å². The van der Waals surface area contributed by atoms with Crippen LogP contribution >= 0.6 is 23.5 Å². The number of hydrogen-bond donors (Lipinski definition) is 4. The van der Waals surface area contributed by atoms with Crippen LogP contribution < -0.4 is 16.4 Å². The van der Waals surface area contributed by atoms with Gasteiger partial charge >= 0.3 is 12.0 Å². The van der Waals surface area contributed by atoms with Crippen molar-refractivity contribution in [1.82, 2.24) is 40.6 Å². The quantitative estimate of drug-likeness (QED) is 0.165. The van der Waals surface area contributed by atoms with Gasteiger partial charge in [0.25, 0.3) is 11.8 Å². The van der Waals surface area contributed by atoms with Crippen molar-refractivity contribution in [3.63, 3.8) is 0 Å². The Balaban J connectivity index is 1.31. The first-order chi connectivity index (χ1) is 19.1. The zero-order valence-electron chi connectivity index (χ0n) is 20.8. The van der Waals surface area contributed by atoms with Gasteiger partial charge in [-0.2, -0.15) is 0 Å². The average Bonchev–Trinajstić information content (AvgIpc) is 3.56. The number of fused-ring (bicyclic) bond motifs is 1. The smallest absolute Gasteiger partial charge is 0.352 e.